The Morgan fingerprint density at radius 3 is 2.08 bits per heavy atom. The molecule has 1 amide bonds. The van der Waals surface area contributed by atoms with Crippen molar-refractivity contribution in [2.75, 3.05) is 38.2 Å². The summed E-state index contributed by atoms with van der Waals surface area (Å²) in [6.07, 6.45) is 13.7. The fraction of sp³-hybridized carbons (Fsp3) is 0.548. The number of quaternary nitrogens is 1. The van der Waals surface area contributed by atoms with E-state index in [2.05, 4.69) is 39.7 Å². The molecule has 1 saturated heterocycles. The molecule has 0 atom stereocenters. The zero-order chi connectivity index (χ0) is 25.7. The number of hydrogen-bond acceptors (Lipinski definition) is 4. The second-order valence-electron chi connectivity index (χ2n) is 10.6. The molecule has 0 spiro atoms. The van der Waals surface area contributed by atoms with E-state index >= 15 is 0 Å². The second kappa shape index (κ2) is 14.8. The lowest BCUT2D eigenvalue weighted by atomic mass is 10.00. The van der Waals surface area contributed by atoms with Crippen molar-refractivity contribution in [3.05, 3.63) is 59.7 Å². The van der Waals surface area contributed by atoms with E-state index in [4.69, 9.17) is 4.74 Å². The van der Waals surface area contributed by atoms with Crippen LogP contribution in [-0.2, 0) is 6.54 Å². The number of anilines is 1. The molecule has 2 aromatic rings. The molecular formula is C31H45N4O2+. The molecule has 2 aromatic carbocycles. The summed E-state index contributed by atoms with van der Waals surface area (Å²) < 4.78 is 5.54. The van der Waals surface area contributed by atoms with Crippen LogP contribution in [0.2, 0.25) is 0 Å². The zero-order valence-electron chi connectivity index (χ0n) is 22.6. The Morgan fingerprint density at radius 2 is 1.46 bits per heavy atom. The summed E-state index contributed by atoms with van der Waals surface area (Å²) in [4.78, 5) is 16.7. The van der Waals surface area contributed by atoms with E-state index in [9.17, 15) is 4.79 Å². The molecular weight excluding hydrogens is 460 g/mol. The average molecular weight is 506 g/mol. The molecule has 4 rings (SSSR count). The fourth-order valence-electron chi connectivity index (χ4n) is 5.52. The normalized spacial score (nSPS) is 18.4. The van der Waals surface area contributed by atoms with E-state index in [1.165, 1.54) is 69.0 Å². The molecule has 2 aliphatic rings. The molecule has 200 valence electrons. The molecule has 6 nitrogen and oxygen atoms in total. The lowest BCUT2D eigenvalue weighted by molar-refractivity contribution is -0.914. The summed E-state index contributed by atoms with van der Waals surface area (Å²) in [5, 5.41) is 4.55. The van der Waals surface area contributed by atoms with Crippen LogP contribution in [0.1, 0.15) is 86.6 Å². The van der Waals surface area contributed by atoms with Crippen molar-refractivity contribution in [1.82, 2.24) is 5.43 Å². The van der Waals surface area contributed by atoms with Gasteiger partial charge in [-0.2, -0.15) is 5.10 Å². The minimum atomic E-state index is -0.108. The molecule has 1 heterocycles. The van der Waals surface area contributed by atoms with Crippen LogP contribution >= 0.6 is 0 Å². The molecule has 0 aromatic heterocycles. The van der Waals surface area contributed by atoms with E-state index in [0.717, 1.165) is 57.0 Å². The minimum absolute atomic E-state index is 0.108. The van der Waals surface area contributed by atoms with Crippen LogP contribution in [0.25, 0.3) is 0 Å². The highest BCUT2D eigenvalue weighted by Gasteiger charge is 2.22. The molecule has 1 aliphatic heterocycles. The number of hydrazone groups is 1. The lowest BCUT2D eigenvalue weighted by Crippen LogP contribution is -3.13. The molecule has 0 radical (unpaired) electrons. The summed E-state index contributed by atoms with van der Waals surface area (Å²) in [6, 6.07) is 16.3. The minimum Gasteiger partial charge on any atom is -0.495 e. The van der Waals surface area contributed by atoms with Crippen molar-refractivity contribution in [3.63, 3.8) is 0 Å². The highest BCUT2D eigenvalue weighted by atomic mass is 16.5. The van der Waals surface area contributed by atoms with Crippen LogP contribution in [0.5, 0.6) is 5.75 Å². The van der Waals surface area contributed by atoms with Gasteiger partial charge in [0.2, 0.25) is 0 Å². The van der Waals surface area contributed by atoms with Crippen LogP contribution in [-0.4, -0.2) is 44.9 Å². The number of ether oxygens (including phenoxy) is 1. The van der Waals surface area contributed by atoms with Crippen LogP contribution in [0.3, 0.4) is 0 Å². The molecule has 0 bridgehead atoms. The number of carbonyl (C=O) groups is 1. The Hall–Kier alpha value is -2.86. The predicted molar refractivity (Wildman–Crippen MR) is 152 cm³/mol. The van der Waals surface area contributed by atoms with Crippen molar-refractivity contribution >= 4 is 17.3 Å². The van der Waals surface area contributed by atoms with Gasteiger partial charge in [-0.05, 0) is 49.9 Å². The topological polar surface area (TPSA) is 58.4 Å². The van der Waals surface area contributed by atoms with Gasteiger partial charge in [0, 0.05) is 16.8 Å². The number of amides is 1. The van der Waals surface area contributed by atoms with Gasteiger partial charge in [-0.15, -0.1) is 0 Å². The van der Waals surface area contributed by atoms with Crippen LogP contribution < -0.4 is 20.0 Å². The van der Waals surface area contributed by atoms with Gasteiger partial charge in [-0.3, -0.25) is 4.79 Å². The molecule has 2 N–H and O–H groups in total. The first-order valence-electron chi connectivity index (χ1n) is 14.4. The molecule has 1 saturated carbocycles. The van der Waals surface area contributed by atoms with Gasteiger partial charge in [0.15, 0.2) is 0 Å². The van der Waals surface area contributed by atoms with E-state index < -0.39 is 0 Å². The Kier molecular flexibility index (Phi) is 10.9. The largest absolute Gasteiger partial charge is 0.495 e. The van der Waals surface area contributed by atoms with Crippen molar-refractivity contribution in [2.24, 2.45) is 5.10 Å². The van der Waals surface area contributed by atoms with Crippen molar-refractivity contribution < 1.29 is 14.4 Å². The molecule has 37 heavy (non-hydrogen) atoms. The lowest BCUT2D eigenvalue weighted by Gasteiger charge is -2.34. The van der Waals surface area contributed by atoms with Gasteiger partial charge in [0.1, 0.15) is 12.3 Å². The SMILES string of the molecule is COc1ccccc1N1CC[NH+](Cc2ccc(C(=O)NN=C3CCCCCCCCCCC3)cc2)CC1. The number of carbonyl (C=O) groups excluding carboxylic acids is 1. The Labute approximate surface area is 223 Å². The molecule has 1 aliphatic carbocycles. The van der Waals surface area contributed by atoms with Gasteiger partial charge in [0.25, 0.3) is 5.91 Å². The molecule has 0 unspecified atom stereocenters. The summed E-state index contributed by atoms with van der Waals surface area (Å²) in [7, 11) is 1.74. The first kappa shape index (κ1) is 27.2. The maximum atomic E-state index is 12.7. The smallest absolute Gasteiger partial charge is 0.271 e. The highest BCUT2D eigenvalue weighted by molar-refractivity contribution is 5.95. The zero-order valence-corrected chi connectivity index (χ0v) is 22.6. The van der Waals surface area contributed by atoms with E-state index in [-0.39, 0.29) is 5.91 Å². The van der Waals surface area contributed by atoms with Crippen LogP contribution in [0, 0.1) is 0 Å². The Morgan fingerprint density at radius 1 is 0.865 bits per heavy atom. The van der Waals surface area contributed by atoms with Gasteiger partial charge in [-0.25, -0.2) is 5.43 Å². The number of nitrogens with zero attached hydrogens (tertiary/aromatic N) is 2. The van der Waals surface area contributed by atoms with Gasteiger partial charge >= 0.3 is 0 Å². The monoisotopic (exact) mass is 505 g/mol. The first-order valence-corrected chi connectivity index (χ1v) is 14.4. The number of para-hydroxylation sites is 2. The number of rotatable bonds is 6. The average Bonchev–Trinajstić information content (AvgIpc) is 2.93. The third-order valence-electron chi connectivity index (χ3n) is 7.81. The van der Waals surface area contributed by atoms with Crippen molar-refractivity contribution in [1.29, 1.82) is 0 Å². The number of benzene rings is 2. The molecule has 2 fully saturated rings. The number of piperazine rings is 1. The second-order valence-corrected chi connectivity index (χ2v) is 10.6. The standard InChI is InChI=1S/C31H44N4O2/c1-37-30-16-12-11-15-29(30)35-23-21-34(22-24-35)25-26-17-19-27(20-18-26)31(36)33-32-28-13-9-7-5-3-2-4-6-8-10-14-28/h11-12,15-20H,2-10,13-14,21-25H2,1H3,(H,33,36)/p+1. The van der Waals surface area contributed by atoms with Crippen LogP contribution in [0.4, 0.5) is 5.69 Å². The van der Waals surface area contributed by atoms with Gasteiger partial charge < -0.3 is 14.5 Å². The number of nitrogens with one attached hydrogen (secondary N) is 2. The Bertz CT molecular complexity index is 983. The van der Waals surface area contributed by atoms with Crippen molar-refractivity contribution in [3.8, 4) is 5.75 Å². The maximum absolute atomic E-state index is 12.7. The fourth-order valence-corrected chi connectivity index (χ4v) is 5.52. The third-order valence-corrected chi connectivity index (χ3v) is 7.81. The summed E-state index contributed by atoms with van der Waals surface area (Å²) >= 11 is 0. The summed E-state index contributed by atoms with van der Waals surface area (Å²) in [6.45, 7) is 5.16. The number of methoxy groups -OCH3 is 1. The third kappa shape index (κ3) is 8.60. The first-order chi connectivity index (χ1) is 18.2. The van der Waals surface area contributed by atoms with E-state index in [1.54, 1.807) is 12.0 Å². The van der Waals surface area contributed by atoms with Gasteiger partial charge in [-0.1, -0.05) is 69.2 Å². The van der Waals surface area contributed by atoms with E-state index in [1.807, 2.05) is 24.3 Å². The highest BCUT2D eigenvalue weighted by Crippen LogP contribution is 2.27. The summed E-state index contributed by atoms with van der Waals surface area (Å²) in [5.74, 6) is 0.833. The number of hydrogen-bond donors (Lipinski definition) is 2. The van der Waals surface area contributed by atoms with Gasteiger partial charge in [0.05, 0.1) is 39.0 Å². The van der Waals surface area contributed by atoms with Crippen molar-refractivity contribution in [2.45, 2.75) is 77.2 Å². The van der Waals surface area contributed by atoms with E-state index in [0.29, 0.717) is 5.56 Å². The van der Waals surface area contributed by atoms with Crippen LogP contribution in [0.15, 0.2) is 53.6 Å². The quantitative estimate of drug-likeness (QED) is 0.544. The maximum Gasteiger partial charge on any atom is 0.271 e. The predicted octanol–water partition coefficient (Wildman–Crippen LogP) is 4.99. The Balaban J connectivity index is 1.24. The summed E-state index contributed by atoms with van der Waals surface area (Å²) in [5.41, 5.74) is 7.12. The molecule has 6 heteroatoms.